The Bertz CT molecular complexity index is 205. The second-order valence-electron chi connectivity index (χ2n) is 5.38. The largest absolute Gasteiger partial charge is 0.383 e. The zero-order valence-corrected chi connectivity index (χ0v) is 12.6. The molecule has 0 aromatic rings. The number of piperazine rings is 1. The molecule has 0 radical (unpaired) electrons. The van der Waals surface area contributed by atoms with Crippen LogP contribution in [0.2, 0.25) is 0 Å². The molecular formula is C14H31N3O. The Kier molecular flexibility index (Phi) is 7.82. The van der Waals surface area contributed by atoms with Crippen LogP contribution in [0.3, 0.4) is 0 Å². The molecule has 0 amide bonds. The van der Waals surface area contributed by atoms with Gasteiger partial charge < -0.3 is 10.1 Å². The first-order valence-corrected chi connectivity index (χ1v) is 7.36. The second-order valence-corrected chi connectivity index (χ2v) is 5.38. The molecule has 1 aliphatic rings. The van der Waals surface area contributed by atoms with Crippen molar-refractivity contribution in [2.75, 3.05) is 53.0 Å². The summed E-state index contributed by atoms with van der Waals surface area (Å²) in [7, 11) is 1.75. The molecule has 0 bridgehead atoms. The SMILES string of the molecule is CCC(C)N1CCN(C(C)CNCCOC)CC1. The summed E-state index contributed by atoms with van der Waals surface area (Å²) in [4.78, 5) is 5.21. The summed E-state index contributed by atoms with van der Waals surface area (Å²) in [5.41, 5.74) is 0. The molecule has 18 heavy (non-hydrogen) atoms. The van der Waals surface area contributed by atoms with Crippen LogP contribution in [0.25, 0.3) is 0 Å². The van der Waals surface area contributed by atoms with E-state index in [0.29, 0.717) is 6.04 Å². The fourth-order valence-electron chi connectivity index (χ4n) is 2.49. The summed E-state index contributed by atoms with van der Waals surface area (Å²) in [6.45, 7) is 14.6. The molecule has 1 saturated heterocycles. The van der Waals surface area contributed by atoms with Gasteiger partial charge in [-0.2, -0.15) is 0 Å². The third-order valence-electron chi connectivity index (χ3n) is 4.11. The number of nitrogens with zero attached hydrogens (tertiary/aromatic N) is 2. The fourth-order valence-corrected chi connectivity index (χ4v) is 2.49. The van der Waals surface area contributed by atoms with Gasteiger partial charge in [0, 0.05) is 58.5 Å². The quantitative estimate of drug-likeness (QED) is 0.657. The lowest BCUT2D eigenvalue weighted by molar-refractivity contribution is 0.0765. The Morgan fingerprint density at radius 1 is 1.06 bits per heavy atom. The van der Waals surface area contributed by atoms with Gasteiger partial charge in [-0.15, -0.1) is 0 Å². The minimum atomic E-state index is 0.626. The van der Waals surface area contributed by atoms with Crippen molar-refractivity contribution in [3.63, 3.8) is 0 Å². The second kappa shape index (κ2) is 8.86. The minimum absolute atomic E-state index is 0.626. The number of ether oxygens (including phenoxy) is 1. The minimum Gasteiger partial charge on any atom is -0.383 e. The molecular weight excluding hydrogens is 226 g/mol. The molecule has 1 fully saturated rings. The van der Waals surface area contributed by atoms with Crippen molar-refractivity contribution in [1.82, 2.24) is 15.1 Å². The van der Waals surface area contributed by atoms with Gasteiger partial charge in [0.2, 0.25) is 0 Å². The average Bonchev–Trinajstić information content (AvgIpc) is 2.42. The van der Waals surface area contributed by atoms with Crippen LogP contribution < -0.4 is 5.32 Å². The first-order chi connectivity index (χ1) is 8.69. The van der Waals surface area contributed by atoms with Gasteiger partial charge in [-0.25, -0.2) is 0 Å². The topological polar surface area (TPSA) is 27.7 Å². The van der Waals surface area contributed by atoms with Crippen molar-refractivity contribution < 1.29 is 4.74 Å². The molecule has 2 atom stereocenters. The molecule has 4 heteroatoms. The zero-order chi connectivity index (χ0) is 13.4. The van der Waals surface area contributed by atoms with Gasteiger partial charge in [-0.05, 0) is 20.3 Å². The van der Waals surface area contributed by atoms with Crippen LogP contribution in [0.15, 0.2) is 0 Å². The maximum atomic E-state index is 5.04. The summed E-state index contributed by atoms with van der Waals surface area (Å²) in [6.07, 6.45) is 1.26. The van der Waals surface area contributed by atoms with E-state index in [4.69, 9.17) is 4.74 Å². The van der Waals surface area contributed by atoms with Gasteiger partial charge in [-0.1, -0.05) is 6.92 Å². The van der Waals surface area contributed by atoms with E-state index in [1.54, 1.807) is 7.11 Å². The number of methoxy groups -OCH3 is 1. The van der Waals surface area contributed by atoms with Crippen LogP contribution in [0, 0.1) is 0 Å². The van der Waals surface area contributed by atoms with E-state index in [-0.39, 0.29) is 0 Å². The lowest BCUT2D eigenvalue weighted by atomic mass is 10.1. The maximum absolute atomic E-state index is 5.04. The van der Waals surface area contributed by atoms with Crippen LogP contribution in [-0.4, -0.2) is 74.9 Å². The van der Waals surface area contributed by atoms with E-state index >= 15 is 0 Å². The van der Waals surface area contributed by atoms with Crippen LogP contribution in [0.1, 0.15) is 27.2 Å². The zero-order valence-electron chi connectivity index (χ0n) is 12.6. The predicted octanol–water partition coefficient (Wildman–Crippen LogP) is 1.03. The number of hydrogen-bond donors (Lipinski definition) is 1. The van der Waals surface area contributed by atoms with Crippen molar-refractivity contribution in [1.29, 1.82) is 0 Å². The molecule has 1 aliphatic heterocycles. The van der Waals surface area contributed by atoms with Crippen LogP contribution >= 0.6 is 0 Å². The third kappa shape index (κ3) is 5.22. The summed E-state index contributed by atoms with van der Waals surface area (Å²) in [5.74, 6) is 0. The Morgan fingerprint density at radius 3 is 2.11 bits per heavy atom. The molecule has 0 spiro atoms. The van der Waals surface area contributed by atoms with Crippen LogP contribution in [0.4, 0.5) is 0 Å². The Hall–Kier alpha value is -0.160. The Morgan fingerprint density at radius 2 is 1.61 bits per heavy atom. The molecule has 2 unspecified atom stereocenters. The smallest absolute Gasteiger partial charge is 0.0587 e. The molecule has 0 aromatic carbocycles. The van der Waals surface area contributed by atoms with Crippen molar-refractivity contribution >= 4 is 0 Å². The van der Waals surface area contributed by atoms with Gasteiger partial charge in [0.15, 0.2) is 0 Å². The Labute approximate surface area is 113 Å². The van der Waals surface area contributed by atoms with E-state index in [1.807, 2.05) is 0 Å². The highest BCUT2D eigenvalue weighted by Crippen LogP contribution is 2.10. The number of hydrogen-bond acceptors (Lipinski definition) is 4. The fraction of sp³-hybridized carbons (Fsp3) is 1.00. The number of rotatable bonds is 8. The highest BCUT2D eigenvalue weighted by atomic mass is 16.5. The van der Waals surface area contributed by atoms with Crippen molar-refractivity contribution in [3.8, 4) is 0 Å². The molecule has 108 valence electrons. The normalized spacial score (nSPS) is 22.0. The highest BCUT2D eigenvalue weighted by Gasteiger charge is 2.22. The molecule has 1 rings (SSSR count). The Balaban J connectivity index is 2.17. The van der Waals surface area contributed by atoms with E-state index in [9.17, 15) is 0 Å². The molecule has 4 nitrogen and oxygen atoms in total. The van der Waals surface area contributed by atoms with E-state index < -0.39 is 0 Å². The van der Waals surface area contributed by atoms with Gasteiger partial charge in [-0.3, -0.25) is 9.80 Å². The molecule has 0 aromatic heterocycles. The van der Waals surface area contributed by atoms with Gasteiger partial charge in [0.05, 0.1) is 6.61 Å². The lowest BCUT2D eigenvalue weighted by Gasteiger charge is -2.40. The maximum Gasteiger partial charge on any atom is 0.0587 e. The summed E-state index contributed by atoms with van der Waals surface area (Å²) < 4.78 is 5.04. The van der Waals surface area contributed by atoms with Crippen molar-refractivity contribution in [2.45, 2.75) is 39.3 Å². The van der Waals surface area contributed by atoms with E-state index in [1.165, 1.54) is 32.6 Å². The third-order valence-corrected chi connectivity index (χ3v) is 4.11. The summed E-state index contributed by atoms with van der Waals surface area (Å²) in [6, 6.07) is 1.36. The standard InChI is InChI=1S/C14H31N3O/c1-5-13(2)16-7-9-17(10-8-16)14(3)12-15-6-11-18-4/h13-15H,5-12H2,1-4H3. The van der Waals surface area contributed by atoms with Gasteiger partial charge in [0.1, 0.15) is 0 Å². The predicted molar refractivity (Wildman–Crippen MR) is 77.1 cm³/mol. The molecule has 0 aliphatic carbocycles. The average molecular weight is 257 g/mol. The van der Waals surface area contributed by atoms with E-state index in [0.717, 1.165) is 25.7 Å². The molecule has 1 N–H and O–H groups in total. The van der Waals surface area contributed by atoms with Crippen molar-refractivity contribution in [3.05, 3.63) is 0 Å². The lowest BCUT2D eigenvalue weighted by Crippen LogP contribution is -2.53. The summed E-state index contributed by atoms with van der Waals surface area (Å²) in [5, 5.41) is 3.45. The van der Waals surface area contributed by atoms with Crippen molar-refractivity contribution in [2.24, 2.45) is 0 Å². The monoisotopic (exact) mass is 257 g/mol. The molecule has 0 saturated carbocycles. The summed E-state index contributed by atoms with van der Waals surface area (Å²) >= 11 is 0. The van der Waals surface area contributed by atoms with Crippen LogP contribution in [0.5, 0.6) is 0 Å². The first-order valence-electron chi connectivity index (χ1n) is 7.36. The van der Waals surface area contributed by atoms with Gasteiger partial charge >= 0.3 is 0 Å². The molecule has 1 heterocycles. The number of nitrogens with one attached hydrogen (secondary N) is 1. The first kappa shape index (κ1) is 15.9. The van der Waals surface area contributed by atoms with Gasteiger partial charge in [0.25, 0.3) is 0 Å². The highest BCUT2D eigenvalue weighted by molar-refractivity contribution is 4.79. The van der Waals surface area contributed by atoms with E-state index in [2.05, 4.69) is 35.9 Å². The van der Waals surface area contributed by atoms with Crippen LogP contribution in [-0.2, 0) is 4.74 Å².